The van der Waals surface area contributed by atoms with Crippen molar-refractivity contribution in [2.24, 2.45) is 5.73 Å². The molecule has 19 nitrogen and oxygen atoms in total. The Hall–Kier alpha value is -6.71. The number of hydrogen-bond donors (Lipinski definition) is 5. The van der Waals surface area contributed by atoms with Crippen molar-refractivity contribution < 1.29 is 55.0 Å². The third-order valence-electron chi connectivity index (χ3n) is 10.6. The van der Waals surface area contributed by atoms with Gasteiger partial charge in [0.2, 0.25) is 31.9 Å². The monoisotopic (exact) mass is 1200 g/mol. The summed E-state index contributed by atoms with van der Waals surface area (Å²) in [6.07, 6.45) is 18.8. The molecule has 0 saturated carbocycles. The van der Waals surface area contributed by atoms with Gasteiger partial charge in [-0.2, -0.15) is 23.5 Å². The van der Waals surface area contributed by atoms with E-state index in [4.69, 9.17) is 10.8 Å². The quantitative estimate of drug-likeness (QED) is 0.0587. The van der Waals surface area contributed by atoms with Gasteiger partial charge in [-0.15, -0.1) is 22.7 Å². The van der Waals surface area contributed by atoms with Crippen LogP contribution in [0.2, 0.25) is 0 Å². The number of thiazole rings is 2. The first kappa shape index (κ1) is 65.6. The third-order valence-corrected chi connectivity index (χ3v) is 15.4. The van der Waals surface area contributed by atoms with Crippen LogP contribution in [-0.4, -0.2) is 122 Å². The van der Waals surface area contributed by atoms with Crippen molar-refractivity contribution in [3.8, 4) is 44.8 Å². The van der Waals surface area contributed by atoms with E-state index in [1.54, 1.807) is 48.3 Å². The smallest absolute Gasteiger partial charge is 0.337 e. The lowest BCUT2D eigenvalue weighted by Crippen LogP contribution is -3.00. The van der Waals surface area contributed by atoms with Crippen molar-refractivity contribution in [3.63, 3.8) is 0 Å². The average molecular weight is 1200 g/mol. The van der Waals surface area contributed by atoms with E-state index in [0.717, 1.165) is 77.2 Å². The maximum atomic E-state index is 13.1. The summed E-state index contributed by atoms with van der Waals surface area (Å²) in [6.45, 7) is 0. The molecule has 0 saturated heterocycles. The van der Waals surface area contributed by atoms with Gasteiger partial charge in [0.05, 0.1) is 41.1 Å². The highest BCUT2D eigenvalue weighted by Gasteiger charge is 2.24. The van der Waals surface area contributed by atoms with Gasteiger partial charge in [0.15, 0.2) is 10.3 Å². The molecule has 8 rings (SSSR count). The predicted molar refractivity (Wildman–Crippen MR) is 316 cm³/mol. The number of pyridine rings is 2. The van der Waals surface area contributed by atoms with Crippen LogP contribution in [0.3, 0.4) is 0 Å². The number of benzene rings is 2. The number of carboxylic acids is 1. The molecule has 3 amide bonds. The lowest BCUT2D eigenvalue weighted by Gasteiger charge is -2.17. The van der Waals surface area contributed by atoms with E-state index in [1.807, 2.05) is 83.9 Å². The number of anilines is 2. The van der Waals surface area contributed by atoms with Crippen LogP contribution < -0.4 is 34.1 Å². The van der Waals surface area contributed by atoms with Crippen LogP contribution in [0.25, 0.3) is 44.8 Å². The lowest BCUT2D eigenvalue weighted by molar-refractivity contribution is -0.118. The van der Waals surface area contributed by atoms with E-state index in [1.165, 1.54) is 53.4 Å². The molecule has 2 atom stereocenters. The second kappa shape index (κ2) is 31.0. The molecular weight excluding hydrogens is 1140 g/mol. The number of thioether (sulfide) groups is 2. The standard InChI is InChI=1S/C25H25N5O4S3.C19H20N4OS2.C6H7NO4S.2CH4.ClH.H2/c1-35-13-9-21(27-23(31)20-8-12-30(15-20)37(2,33)34)24(32)29-25-28-22(16-36-25)19-5-3-4-18(14-19)17-6-10-26-11-7-17;1-25-10-7-16(20)18(24)23-19-22-17(12-26-19)15-4-2-3-14(11-15)13-5-8-21-9-6-13;1-12(10,11)7-3-2-5(4-7)6(8)9;;;;/h3-8,10-12,14-16,21H,9,13H2,1-2H3,(H,27,31)(H,28,29,32);2-6,8-9,11-12,16H,7,10,20H2,1H3,(H,22,23,24);2-4H,1H3,(H,8,9);2*1H4;2*1H/p-1/t21-;16-;;;;;/m00...../s1. The molecule has 2 aromatic carbocycles. The van der Waals surface area contributed by atoms with Crippen molar-refractivity contribution >= 4 is 100 Å². The minimum absolute atomic E-state index is 0. The third kappa shape index (κ3) is 19.3. The molecule has 0 bridgehead atoms. The van der Waals surface area contributed by atoms with Crippen molar-refractivity contribution in [3.05, 3.63) is 156 Å². The Morgan fingerprint density at radius 1 is 0.641 bits per heavy atom. The fourth-order valence-corrected chi connectivity index (χ4v) is 10.3. The predicted octanol–water partition coefficient (Wildman–Crippen LogP) is 6.38. The Kier molecular flexibility index (Phi) is 26.1. The highest BCUT2D eigenvalue weighted by Crippen LogP contribution is 2.30. The van der Waals surface area contributed by atoms with E-state index in [9.17, 15) is 36.0 Å². The summed E-state index contributed by atoms with van der Waals surface area (Å²) in [5.41, 5.74) is 13.8. The van der Waals surface area contributed by atoms with Crippen LogP contribution >= 0.6 is 46.2 Å². The zero-order valence-corrected chi connectivity index (χ0v) is 46.8. The van der Waals surface area contributed by atoms with Crippen molar-refractivity contribution in [1.82, 2.24) is 33.2 Å². The van der Waals surface area contributed by atoms with Crippen LogP contribution in [-0.2, 0) is 29.6 Å². The molecule has 0 unspecified atom stereocenters. The van der Waals surface area contributed by atoms with Crippen LogP contribution in [0.4, 0.5) is 10.3 Å². The topological polar surface area (TPSA) is 280 Å². The van der Waals surface area contributed by atoms with E-state index in [0.29, 0.717) is 28.9 Å². The molecule has 6 heterocycles. The SMILES string of the molecule is C.C.CS(=O)(=O)n1ccc(C(=O)O)c1.CSCC[C@H](N)C(=O)Nc1nc(-c2cccc(-c3ccncc3)c2)cs1.CSCC[C@H](NC(=O)c1ccn(S(C)(=O)=O)c1)C(=O)Nc1nc(-c2cccc(-c3ccncc3)c2)cs1.[Cl-].[HH]. The first-order valence-electron chi connectivity index (χ1n) is 22.4. The van der Waals surface area contributed by atoms with E-state index >= 15 is 0 Å². The summed E-state index contributed by atoms with van der Waals surface area (Å²) in [5.74, 6) is -0.747. The maximum Gasteiger partial charge on any atom is 0.337 e. The Balaban J connectivity index is 0.000000443. The van der Waals surface area contributed by atoms with Crippen LogP contribution in [0, 0.1) is 0 Å². The number of carboxylic acid groups (broad SMARTS) is 1. The van der Waals surface area contributed by atoms with Crippen molar-refractivity contribution in [2.45, 2.75) is 39.8 Å². The van der Waals surface area contributed by atoms with Crippen LogP contribution in [0.1, 0.15) is 49.8 Å². The number of carbonyl (C=O) groups excluding carboxylic acids is 3. The number of aromatic nitrogens is 6. The van der Waals surface area contributed by atoms with Gasteiger partial charge < -0.3 is 39.2 Å². The molecule has 0 radical (unpaired) electrons. The summed E-state index contributed by atoms with van der Waals surface area (Å²) in [7, 11) is -6.87. The number of nitrogens with zero attached hydrogens (tertiary/aromatic N) is 6. The van der Waals surface area contributed by atoms with Crippen molar-refractivity contribution in [1.29, 1.82) is 0 Å². The van der Waals surface area contributed by atoms with Crippen molar-refractivity contribution in [2.75, 3.05) is 47.2 Å². The first-order valence-corrected chi connectivity index (χ1v) is 30.7. The molecule has 78 heavy (non-hydrogen) atoms. The number of nitrogens with one attached hydrogen (secondary N) is 3. The Labute approximate surface area is 479 Å². The van der Waals surface area contributed by atoms with Gasteiger partial charge in [-0.05, 0) is 108 Å². The summed E-state index contributed by atoms with van der Waals surface area (Å²) >= 11 is 5.93. The first-order chi connectivity index (χ1) is 35.8. The molecule has 6 aromatic heterocycles. The molecule has 0 aliphatic heterocycles. The maximum absolute atomic E-state index is 13.1. The zero-order valence-electron chi connectivity index (χ0n) is 41.1. The Bertz CT molecular complexity index is 3450. The van der Waals surface area contributed by atoms with Gasteiger partial charge in [-0.1, -0.05) is 51.3 Å². The van der Waals surface area contributed by atoms with Gasteiger partial charge in [-0.25, -0.2) is 31.6 Å². The van der Waals surface area contributed by atoms with Crippen LogP contribution in [0.5, 0.6) is 0 Å². The second-order valence-corrected chi connectivity index (χ2v) is 23.6. The fraction of sp³-hybridized carbons (Fsp3) is 0.231. The van der Waals surface area contributed by atoms with Gasteiger partial charge in [0.1, 0.15) is 6.04 Å². The highest BCUT2D eigenvalue weighted by atomic mass is 35.5. The van der Waals surface area contributed by atoms with E-state index in [-0.39, 0.29) is 45.7 Å². The number of amides is 3. The number of rotatable bonds is 19. The molecule has 6 N–H and O–H groups in total. The molecule has 418 valence electrons. The normalized spacial score (nSPS) is 11.5. The van der Waals surface area contributed by atoms with Crippen LogP contribution in [0.15, 0.2) is 145 Å². The lowest BCUT2D eigenvalue weighted by atomic mass is 10.0. The Morgan fingerprint density at radius 2 is 1.06 bits per heavy atom. The summed E-state index contributed by atoms with van der Waals surface area (Å²) in [4.78, 5) is 65.5. The largest absolute Gasteiger partial charge is 1.00 e. The van der Waals surface area contributed by atoms with Gasteiger partial charge in [0, 0.05) is 72.9 Å². The minimum Gasteiger partial charge on any atom is -1.00 e. The average Bonchev–Trinajstić information content (AvgIpc) is 4.26. The molecule has 26 heteroatoms. The summed E-state index contributed by atoms with van der Waals surface area (Å²) < 4.78 is 46.9. The number of nitrogens with two attached hydrogens (primary N) is 1. The highest BCUT2D eigenvalue weighted by molar-refractivity contribution is 7.98. The Morgan fingerprint density at radius 3 is 1.49 bits per heavy atom. The fourth-order valence-electron chi connectivity index (χ4n) is 6.67. The number of hydrogen-bond acceptors (Lipinski definition) is 17. The minimum atomic E-state index is -3.51. The molecule has 8 aromatic rings. The number of halogens is 1. The number of carbonyl (C=O) groups is 4. The van der Waals surface area contributed by atoms with Gasteiger partial charge in [-0.3, -0.25) is 32.3 Å². The molecule has 0 aliphatic carbocycles. The van der Waals surface area contributed by atoms with E-state index < -0.39 is 49.9 Å². The van der Waals surface area contributed by atoms with Gasteiger partial charge >= 0.3 is 5.97 Å². The summed E-state index contributed by atoms with van der Waals surface area (Å²) in [5, 5.41) is 21.6. The molecule has 0 fully saturated rings. The molecule has 0 spiro atoms. The van der Waals surface area contributed by atoms with Gasteiger partial charge in [0.25, 0.3) is 5.91 Å². The summed E-state index contributed by atoms with van der Waals surface area (Å²) in [6, 6.07) is 25.2. The number of aromatic carboxylic acids is 1. The van der Waals surface area contributed by atoms with E-state index in [2.05, 4.69) is 48.0 Å². The molecule has 0 aliphatic rings. The second-order valence-electron chi connectivity index (χ2n) is 16.2. The molecular formula is C52H62ClN10O9S6-. The zero-order chi connectivity index (χ0) is 54.1.